The molecule has 1 amide bonds. The van der Waals surface area contributed by atoms with Crippen LogP contribution in [0.5, 0.6) is 0 Å². The van der Waals surface area contributed by atoms with Crippen LogP contribution in [0.3, 0.4) is 0 Å². The van der Waals surface area contributed by atoms with Gasteiger partial charge in [0.25, 0.3) is 0 Å². The smallest absolute Gasteiger partial charge is 0.234 e. The molecule has 0 radical (unpaired) electrons. The number of aryl methyl sites for hydroxylation is 2. The number of hydrogen-bond donors (Lipinski definition) is 1. The largest absolute Gasteiger partial charge is 0.370 e. The Balaban J connectivity index is 1.59. The van der Waals surface area contributed by atoms with E-state index in [1.807, 2.05) is 43.3 Å². The molecule has 0 unspecified atom stereocenters. The van der Waals surface area contributed by atoms with Crippen LogP contribution in [0.2, 0.25) is 0 Å². The van der Waals surface area contributed by atoms with Crippen LogP contribution in [0.4, 0.5) is 5.69 Å². The number of ether oxygens (including phenoxy) is 1. The molecule has 5 nitrogen and oxygen atoms in total. The van der Waals surface area contributed by atoms with Crippen molar-refractivity contribution in [2.75, 3.05) is 11.1 Å². The van der Waals surface area contributed by atoms with Crippen molar-refractivity contribution in [1.29, 1.82) is 0 Å². The number of anilines is 1. The van der Waals surface area contributed by atoms with Crippen LogP contribution in [-0.4, -0.2) is 27.2 Å². The summed E-state index contributed by atoms with van der Waals surface area (Å²) in [5.74, 6) is 0.906. The fraction of sp³-hybridized carbons (Fsp3) is 0.320. The Morgan fingerprint density at radius 3 is 2.61 bits per heavy atom. The van der Waals surface area contributed by atoms with Gasteiger partial charge in [-0.25, -0.2) is 9.97 Å². The molecule has 31 heavy (non-hydrogen) atoms. The van der Waals surface area contributed by atoms with Gasteiger partial charge in [-0.1, -0.05) is 53.7 Å². The Bertz CT molecular complexity index is 1110. The number of rotatable bonds is 5. The maximum absolute atomic E-state index is 12.6. The van der Waals surface area contributed by atoms with Crippen LogP contribution in [0, 0.1) is 13.8 Å². The van der Waals surface area contributed by atoms with Crippen LogP contribution in [0.25, 0.3) is 11.4 Å². The predicted octanol–water partition coefficient (Wildman–Crippen LogP) is 5.34. The first-order valence-corrected chi connectivity index (χ1v) is 11.4. The molecule has 1 N–H and O–H groups in total. The van der Waals surface area contributed by atoms with Gasteiger partial charge in [0.15, 0.2) is 5.82 Å². The lowest BCUT2D eigenvalue weighted by Crippen LogP contribution is -2.33. The topological polar surface area (TPSA) is 64.1 Å². The molecule has 6 heteroatoms. The lowest BCUT2D eigenvalue weighted by atomic mass is 9.96. The van der Waals surface area contributed by atoms with Gasteiger partial charge in [-0.3, -0.25) is 4.79 Å². The van der Waals surface area contributed by atoms with Crippen molar-refractivity contribution in [3.63, 3.8) is 0 Å². The fourth-order valence-electron chi connectivity index (χ4n) is 3.53. The highest BCUT2D eigenvalue weighted by molar-refractivity contribution is 8.00. The molecule has 3 aromatic rings. The van der Waals surface area contributed by atoms with E-state index in [4.69, 9.17) is 14.7 Å². The van der Waals surface area contributed by atoms with Gasteiger partial charge in [-0.2, -0.15) is 0 Å². The van der Waals surface area contributed by atoms with E-state index in [2.05, 4.69) is 38.2 Å². The number of carbonyl (C=O) groups is 1. The Hall–Kier alpha value is -2.70. The number of nitrogens with one attached hydrogen (secondary N) is 1. The van der Waals surface area contributed by atoms with Crippen LogP contribution in [0.1, 0.15) is 36.2 Å². The van der Waals surface area contributed by atoms with Gasteiger partial charge in [-0.05, 0) is 45.4 Å². The highest BCUT2D eigenvalue weighted by Gasteiger charge is 2.30. The maximum Gasteiger partial charge on any atom is 0.234 e. The first-order valence-electron chi connectivity index (χ1n) is 10.4. The molecule has 0 fully saturated rings. The van der Waals surface area contributed by atoms with E-state index in [9.17, 15) is 4.79 Å². The van der Waals surface area contributed by atoms with Crippen molar-refractivity contribution in [2.24, 2.45) is 0 Å². The molecule has 0 aliphatic carbocycles. The minimum Gasteiger partial charge on any atom is -0.370 e. The van der Waals surface area contributed by atoms with Gasteiger partial charge in [0.05, 0.1) is 23.7 Å². The van der Waals surface area contributed by atoms with Crippen molar-refractivity contribution in [3.05, 3.63) is 70.9 Å². The summed E-state index contributed by atoms with van der Waals surface area (Å²) in [5.41, 5.74) is 5.81. The summed E-state index contributed by atoms with van der Waals surface area (Å²) in [6.45, 7) is 8.67. The van der Waals surface area contributed by atoms with E-state index >= 15 is 0 Å². The minimum atomic E-state index is -0.267. The number of carbonyl (C=O) groups excluding carboxylic acids is 1. The molecule has 0 atom stereocenters. The molecule has 1 aliphatic rings. The molecule has 1 aliphatic heterocycles. The van der Waals surface area contributed by atoms with Gasteiger partial charge in [0, 0.05) is 23.2 Å². The highest BCUT2D eigenvalue weighted by atomic mass is 32.2. The number of amides is 1. The van der Waals surface area contributed by atoms with Gasteiger partial charge < -0.3 is 10.1 Å². The fourth-order valence-corrected chi connectivity index (χ4v) is 4.37. The number of hydrogen-bond acceptors (Lipinski definition) is 5. The van der Waals surface area contributed by atoms with Gasteiger partial charge in [0.2, 0.25) is 5.91 Å². The van der Waals surface area contributed by atoms with Crippen LogP contribution >= 0.6 is 11.8 Å². The molecule has 4 rings (SSSR count). The van der Waals surface area contributed by atoms with E-state index in [0.717, 1.165) is 33.1 Å². The molecular formula is C25H27N3O2S. The number of benzene rings is 2. The lowest BCUT2D eigenvalue weighted by molar-refractivity contribution is -0.113. The minimum absolute atomic E-state index is 0.0584. The average molecular weight is 434 g/mol. The van der Waals surface area contributed by atoms with Gasteiger partial charge in [-0.15, -0.1) is 0 Å². The monoisotopic (exact) mass is 433 g/mol. The second-order valence-electron chi connectivity index (χ2n) is 8.58. The predicted molar refractivity (Wildman–Crippen MR) is 125 cm³/mol. The van der Waals surface area contributed by atoms with Gasteiger partial charge in [0.1, 0.15) is 5.03 Å². The number of nitrogens with zero attached hydrogens (tertiary/aromatic N) is 2. The Labute approximate surface area is 187 Å². The molecular weight excluding hydrogens is 406 g/mol. The first-order chi connectivity index (χ1) is 14.8. The van der Waals surface area contributed by atoms with E-state index in [0.29, 0.717) is 18.9 Å². The SMILES string of the molecule is Cc1ccc(-c2nc3c(c(SCC(=O)Nc4cccc(C)c4)n2)COC(C)(C)C3)cc1. The van der Waals surface area contributed by atoms with Gasteiger partial charge >= 0.3 is 0 Å². The maximum atomic E-state index is 12.6. The van der Waals surface area contributed by atoms with Crippen molar-refractivity contribution in [1.82, 2.24) is 9.97 Å². The van der Waals surface area contributed by atoms with Crippen molar-refractivity contribution in [3.8, 4) is 11.4 Å². The molecule has 0 spiro atoms. The third-order valence-electron chi connectivity index (χ3n) is 5.21. The van der Waals surface area contributed by atoms with Crippen LogP contribution in [0.15, 0.2) is 53.6 Å². The van der Waals surface area contributed by atoms with Crippen molar-refractivity contribution in [2.45, 2.75) is 51.3 Å². The number of aromatic nitrogens is 2. The molecule has 0 saturated heterocycles. The second kappa shape index (κ2) is 8.81. The normalized spacial score (nSPS) is 14.7. The average Bonchev–Trinajstić information content (AvgIpc) is 2.71. The van der Waals surface area contributed by atoms with E-state index in [1.54, 1.807) is 0 Å². The number of thioether (sulfide) groups is 1. The summed E-state index contributed by atoms with van der Waals surface area (Å²) in [6.07, 6.45) is 0.715. The zero-order valence-corrected chi connectivity index (χ0v) is 19.2. The summed E-state index contributed by atoms with van der Waals surface area (Å²) < 4.78 is 6.02. The Morgan fingerprint density at radius 2 is 1.87 bits per heavy atom. The third kappa shape index (κ3) is 5.32. The van der Waals surface area contributed by atoms with Crippen LogP contribution in [-0.2, 0) is 22.6 Å². The summed E-state index contributed by atoms with van der Waals surface area (Å²) in [4.78, 5) is 22.2. The zero-order valence-electron chi connectivity index (χ0n) is 18.4. The Morgan fingerprint density at radius 1 is 1.10 bits per heavy atom. The molecule has 1 aromatic heterocycles. The molecule has 2 heterocycles. The molecule has 0 bridgehead atoms. The van der Waals surface area contributed by atoms with E-state index < -0.39 is 0 Å². The molecule has 0 saturated carbocycles. The summed E-state index contributed by atoms with van der Waals surface area (Å²) in [5, 5.41) is 3.78. The Kier molecular flexibility index (Phi) is 6.12. The number of fused-ring (bicyclic) bond motifs is 1. The first kappa shape index (κ1) is 21.5. The van der Waals surface area contributed by atoms with Crippen molar-refractivity contribution < 1.29 is 9.53 Å². The van der Waals surface area contributed by atoms with Crippen LogP contribution < -0.4 is 5.32 Å². The lowest BCUT2D eigenvalue weighted by Gasteiger charge is -2.32. The summed E-state index contributed by atoms with van der Waals surface area (Å²) in [7, 11) is 0. The molecule has 2 aromatic carbocycles. The van der Waals surface area contributed by atoms with E-state index in [-0.39, 0.29) is 17.3 Å². The quantitative estimate of drug-likeness (QED) is 0.434. The van der Waals surface area contributed by atoms with E-state index in [1.165, 1.54) is 17.3 Å². The second-order valence-corrected chi connectivity index (χ2v) is 9.54. The third-order valence-corrected chi connectivity index (χ3v) is 6.22. The van der Waals surface area contributed by atoms with Crippen molar-refractivity contribution >= 4 is 23.4 Å². The standard InChI is InChI=1S/C25H27N3O2S/c1-16-8-10-18(11-9-16)23-27-21-13-25(3,4)30-14-20(21)24(28-23)31-15-22(29)26-19-7-5-6-17(2)12-19/h5-12H,13-15H2,1-4H3,(H,26,29). The summed E-state index contributed by atoms with van der Waals surface area (Å²) >= 11 is 1.44. The zero-order chi connectivity index (χ0) is 22.0. The molecule has 160 valence electrons. The summed E-state index contributed by atoms with van der Waals surface area (Å²) in [6, 6.07) is 16.0. The highest BCUT2D eigenvalue weighted by Crippen LogP contribution is 2.34.